The van der Waals surface area contributed by atoms with Crippen LogP contribution in [0.5, 0.6) is 0 Å². The molecule has 0 aliphatic rings. The van der Waals surface area contributed by atoms with E-state index in [9.17, 15) is 4.39 Å². The van der Waals surface area contributed by atoms with Gasteiger partial charge in [0.1, 0.15) is 11.0 Å². The minimum atomic E-state index is -0.243. The second-order valence-corrected chi connectivity index (χ2v) is 5.31. The zero-order valence-corrected chi connectivity index (χ0v) is 12.0. The molecule has 2 aromatic heterocycles. The minimum Gasteiger partial charge on any atom is -0.232 e. The van der Waals surface area contributed by atoms with Crippen molar-refractivity contribution in [2.75, 3.05) is 0 Å². The van der Waals surface area contributed by atoms with Crippen LogP contribution in [0.4, 0.5) is 4.39 Å². The number of nitrogens with zero attached hydrogens (tertiary/aromatic N) is 3. The average Bonchev–Trinajstić information content (AvgIpc) is 2.75. The van der Waals surface area contributed by atoms with Gasteiger partial charge in [0.15, 0.2) is 5.65 Å². The Morgan fingerprint density at radius 1 is 1.32 bits per heavy atom. The van der Waals surface area contributed by atoms with Gasteiger partial charge in [0, 0.05) is 6.42 Å². The fourth-order valence-corrected chi connectivity index (χ4v) is 2.47. The molecule has 3 rings (SSSR count). The van der Waals surface area contributed by atoms with Crippen molar-refractivity contribution in [3.63, 3.8) is 0 Å². The highest BCUT2D eigenvalue weighted by atomic mass is 79.9. The molecule has 0 N–H and O–H groups in total. The normalized spacial score (nSPS) is 11.1. The number of hydrogen-bond acceptors (Lipinski definition) is 2. The Morgan fingerprint density at radius 2 is 2.11 bits per heavy atom. The van der Waals surface area contributed by atoms with E-state index >= 15 is 0 Å². The van der Waals surface area contributed by atoms with Crippen LogP contribution in [0, 0.1) is 5.82 Å². The average molecular weight is 341 g/mol. The Kier molecular flexibility index (Phi) is 3.24. The first-order valence-corrected chi connectivity index (χ1v) is 6.74. The van der Waals surface area contributed by atoms with Gasteiger partial charge in [-0.2, -0.15) is 5.10 Å². The van der Waals surface area contributed by atoms with Gasteiger partial charge in [-0.3, -0.25) is 0 Å². The fraction of sp³-hybridized carbons (Fsp3) is 0.0769. The standard InChI is InChI=1S/C13H8BrClFN3/c14-10-7-17-19-12(15)6-9(18-13(10)19)5-8-3-1-2-4-11(8)16/h1-4,6-7H,5H2. The van der Waals surface area contributed by atoms with Crippen LogP contribution in [0.1, 0.15) is 11.3 Å². The number of benzene rings is 1. The molecule has 0 saturated carbocycles. The van der Waals surface area contributed by atoms with Crippen molar-refractivity contribution in [2.24, 2.45) is 0 Å². The molecule has 0 saturated heterocycles. The Morgan fingerprint density at radius 3 is 2.89 bits per heavy atom. The highest BCUT2D eigenvalue weighted by molar-refractivity contribution is 9.10. The molecule has 0 radical (unpaired) electrons. The van der Waals surface area contributed by atoms with E-state index < -0.39 is 0 Å². The molecule has 6 heteroatoms. The predicted octanol–water partition coefficient (Wildman–Crippen LogP) is 3.88. The van der Waals surface area contributed by atoms with Crippen LogP contribution in [0.3, 0.4) is 0 Å². The van der Waals surface area contributed by atoms with Crippen LogP contribution in [0.2, 0.25) is 5.15 Å². The minimum absolute atomic E-state index is 0.243. The van der Waals surface area contributed by atoms with Gasteiger partial charge >= 0.3 is 0 Å². The summed E-state index contributed by atoms with van der Waals surface area (Å²) in [6.07, 6.45) is 2.02. The van der Waals surface area contributed by atoms with E-state index in [0.717, 1.165) is 4.47 Å². The van der Waals surface area contributed by atoms with E-state index in [4.69, 9.17) is 11.6 Å². The third kappa shape index (κ3) is 2.35. The van der Waals surface area contributed by atoms with Gasteiger partial charge in [-0.25, -0.2) is 13.9 Å². The summed E-state index contributed by atoms with van der Waals surface area (Å²) in [7, 11) is 0. The Balaban J connectivity index is 2.06. The van der Waals surface area contributed by atoms with Gasteiger partial charge in [0.25, 0.3) is 0 Å². The molecule has 0 spiro atoms. The second kappa shape index (κ2) is 4.90. The zero-order valence-electron chi connectivity index (χ0n) is 9.65. The quantitative estimate of drug-likeness (QED) is 0.663. The van der Waals surface area contributed by atoms with Gasteiger partial charge in [0.2, 0.25) is 0 Å². The highest BCUT2D eigenvalue weighted by Gasteiger charge is 2.10. The number of fused-ring (bicyclic) bond motifs is 1. The van der Waals surface area contributed by atoms with Gasteiger partial charge in [-0.15, -0.1) is 0 Å². The molecular weight excluding hydrogens is 333 g/mol. The molecule has 3 aromatic rings. The molecular formula is C13H8BrClFN3. The summed E-state index contributed by atoms with van der Waals surface area (Å²) < 4.78 is 15.9. The summed E-state index contributed by atoms with van der Waals surface area (Å²) in [5, 5.41) is 4.53. The first-order chi connectivity index (χ1) is 9.15. The van der Waals surface area contributed by atoms with Crippen LogP contribution in [-0.2, 0) is 6.42 Å². The van der Waals surface area contributed by atoms with Crippen molar-refractivity contribution in [3.05, 3.63) is 63.2 Å². The Labute approximate surface area is 122 Å². The summed E-state index contributed by atoms with van der Waals surface area (Å²) >= 11 is 9.48. The molecule has 0 fully saturated rings. The molecule has 0 amide bonds. The van der Waals surface area contributed by atoms with Crippen molar-refractivity contribution >= 4 is 33.2 Å². The highest BCUT2D eigenvalue weighted by Crippen LogP contribution is 2.22. The van der Waals surface area contributed by atoms with Crippen LogP contribution in [-0.4, -0.2) is 14.6 Å². The maximum Gasteiger partial charge on any atom is 0.171 e. The maximum atomic E-state index is 13.6. The SMILES string of the molecule is Fc1ccccc1Cc1cc(Cl)n2ncc(Br)c2n1. The smallest absolute Gasteiger partial charge is 0.171 e. The van der Waals surface area contributed by atoms with Gasteiger partial charge < -0.3 is 0 Å². The summed E-state index contributed by atoms with van der Waals surface area (Å²) in [5.74, 6) is -0.243. The van der Waals surface area contributed by atoms with E-state index in [1.54, 1.807) is 30.5 Å². The Hall–Kier alpha value is -1.46. The fourth-order valence-electron chi connectivity index (χ4n) is 1.87. The number of hydrogen-bond donors (Lipinski definition) is 0. The largest absolute Gasteiger partial charge is 0.232 e. The van der Waals surface area contributed by atoms with E-state index in [2.05, 4.69) is 26.0 Å². The van der Waals surface area contributed by atoms with Gasteiger partial charge in [-0.1, -0.05) is 29.8 Å². The van der Waals surface area contributed by atoms with Gasteiger partial charge in [0.05, 0.1) is 16.4 Å². The third-order valence-corrected chi connectivity index (χ3v) is 3.60. The van der Waals surface area contributed by atoms with Crippen LogP contribution in [0.15, 0.2) is 41.0 Å². The third-order valence-electron chi connectivity index (χ3n) is 2.77. The lowest BCUT2D eigenvalue weighted by Gasteiger charge is -2.05. The molecule has 0 bridgehead atoms. The zero-order chi connectivity index (χ0) is 13.4. The summed E-state index contributed by atoms with van der Waals surface area (Å²) in [6.45, 7) is 0. The van der Waals surface area contributed by atoms with Crippen LogP contribution in [0.25, 0.3) is 5.65 Å². The van der Waals surface area contributed by atoms with E-state index in [1.807, 2.05) is 0 Å². The first kappa shape index (κ1) is 12.6. The molecule has 0 aliphatic carbocycles. The maximum absolute atomic E-state index is 13.6. The van der Waals surface area contributed by atoms with Crippen LogP contribution >= 0.6 is 27.5 Å². The van der Waals surface area contributed by atoms with E-state index in [-0.39, 0.29) is 5.82 Å². The molecule has 19 heavy (non-hydrogen) atoms. The number of rotatable bonds is 2. The predicted molar refractivity (Wildman–Crippen MR) is 74.9 cm³/mol. The molecule has 96 valence electrons. The number of halogens is 3. The van der Waals surface area contributed by atoms with Crippen molar-refractivity contribution < 1.29 is 4.39 Å². The van der Waals surface area contributed by atoms with Crippen LogP contribution < -0.4 is 0 Å². The molecule has 2 heterocycles. The Bertz CT molecular complexity index is 757. The van der Waals surface area contributed by atoms with Crippen molar-refractivity contribution in [1.82, 2.24) is 14.6 Å². The lowest BCUT2D eigenvalue weighted by molar-refractivity contribution is 0.613. The molecule has 0 atom stereocenters. The van der Waals surface area contributed by atoms with Crippen molar-refractivity contribution in [2.45, 2.75) is 6.42 Å². The van der Waals surface area contributed by atoms with Crippen molar-refractivity contribution in [3.8, 4) is 0 Å². The summed E-state index contributed by atoms with van der Waals surface area (Å²) in [4.78, 5) is 4.43. The molecule has 0 aliphatic heterocycles. The van der Waals surface area contributed by atoms with E-state index in [0.29, 0.717) is 28.5 Å². The summed E-state index contributed by atoms with van der Waals surface area (Å²) in [6, 6.07) is 8.33. The molecule has 0 unspecified atom stereocenters. The molecule has 1 aromatic carbocycles. The lowest BCUT2D eigenvalue weighted by atomic mass is 10.1. The topological polar surface area (TPSA) is 30.2 Å². The molecule has 3 nitrogen and oxygen atoms in total. The number of aromatic nitrogens is 3. The summed E-state index contributed by atoms with van der Waals surface area (Å²) in [5.41, 5.74) is 1.91. The monoisotopic (exact) mass is 339 g/mol. The lowest BCUT2D eigenvalue weighted by Crippen LogP contribution is -2.00. The van der Waals surface area contributed by atoms with Gasteiger partial charge in [-0.05, 0) is 33.6 Å². The first-order valence-electron chi connectivity index (χ1n) is 5.57. The van der Waals surface area contributed by atoms with Crippen molar-refractivity contribution in [1.29, 1.82) is 0 Å². The van der Waals surface area contributed by atoms with E-state index in [1.165, 1.54) is 10.6 Å². The second-order valence-electron chi connectivity index (χ2n) is 4.07.